The van der Waals surface area contributed by atoms with Crippen molar-refractivity contribution in [1.82, 2.24) is 0 Å². The van der Waals surface area contributed by atoms with Crippen LogP contribution in [-0.4, -0.2) is 0 Å². The van der Waals surface area contributed by atoms with E-state index in [4.69, 9.17) is 0 Å². The normalized spacial score (nSPS) is 13.5. The summed E-state index contributed by atoms with van der Waals surface area (Å²) >= 11 is 0. The van der Waals surface area contributed by atoms with Gasteiger partial charge in [-0.2, -0.15) is 0 Å². The second kappa shape index (κ2) is 5.04. The Labute approximate surface area is 64.0 Å². The third-order valence-corrected chi connectivity index (χ3v) is 1.54. The molecule has 0 atom stereocenters. The van der Waals surface area contributed by atoms with Crippen molar-refractivity contribution < 1.29 is 0 Å². The van der Waals surface area contributed by atoms with E-state index in [0.717, 1.165) is 6.42 Å². The summed E-state index contributed by atoms with van der Waals surface area (Å²) in [7, 11) is 0. The van der Waals surface area contributed by atoms with Crippen molar-refractivity contribution in [3.8, 4) is 0 Å². The number of rotatable bonds is 3. The molecule has 0 aliphatic carbocycles. The molecule has 10 heavy (non-hydrogen) atoms. The van der Waals surface area contributed by atoms with Crippen LogP contribution in [0.1, 0.15) is 27.2 Å². The molecule has 0 bridgehead atoms. The van der Waals surface area contributed by atoms with Gasteiger partial charge in [-0.25, -0.2) is 0 Å². The molecule has 0 N–H and O–H groups in total. The fourth-order valence-electron chi connectivity index (χ4n) is 0.681. The molecule has 0 nitrogen and oxygen atoms in total. The van der Waals surface area contributed by atoms with Crippen molar-refractivity contribution in [2.24, 2.45) is 0 Å². The SMILES string of the molecule is C=C/C(=C\C(C)=C/C)CC. The molecule has 0 fully saturated rings. The van der Waals surface area contributed by atoms with E-state index in [-0.39, 0.29) is 0 Å². The molecule has 0 aliphatic rings. The first-order valence-electron chi connectivity index (χ1n) is 3.70. The molecule has 0 rings (SSSR count). The number of hydrogen-bond donors (Lipinski definition) is 0. The molecule has 56 valence electrons. The molecule has 0 amide bonds. The lowest BCUT2D eigenvalue weighted by Crippen LogP contribution is -1.74. The minimum absolute atomic E-state index is 1.06. The monoisotopic (exact) mass is 136 g/mol. The fourth-order valence-corrected chi connectivity index (χ4v) is 0.681. The summed E-state index contributed by atoms with van der Waals surface area (Å²) in [4.78, 5) is 0. The van der Waals surface area contributed by atoms with E-state index in [9.17, 15) is 0 Å². The lowest BCUT2D eigenvalue weighted by Gasteiger charge is -1.95. The van der Waals surface area contributed by atoms with Gasteiger partial charge in [-0.05, 0) is 25.8 Å². The zero-order chi connectivity index (χ0) is 7.98. The average Bonchev–Trinajstić information content (AvgIpc) is 1.99. The van der Waals surface area contributed by atoms with Crippen molar-refractivity contribution in [2.75, 3.05) is 0 Å². The molecule has 0 heteroatoms. The highest BCUT2D eigenvalue weighted by Gasteiger charge is 1.85. The van der Waals surface area contributed by atoms with E-state index >= 15 is 0 Å². The molecule has 0 aromatic heterocycles. The predicted molar refractivity (Wildman–Crippen MR) is 48.0 cm³/mol. The first-order chi connectivity index (χ1) is 4.74. The van der Waals surface area contributed by atoms with E-state index in [1.54, 1.807) is 0 Å². The van der Waals surface area contributed by atoms with Gasteiger partial charge in [0.05, 0.1) is 0 Å². The lowest BCUT2D eigenvalue weighted by atomic mass is 10.1. The van der Waals surface area contributed by atoms with Gasteiger partial charge in [-0.1, -0.05) is 37.3 Å². The Balaban J connectivity index is 4.24. The van der Waals surface area contributed by atoms with Gasteiger partial charge in [-0.3, -0.25) is 0 Å². The van der Waals surface area contributed by atoms with Crippen LogP contribution in [-0.2, 0) is 0 Å². The molecule has 0 heterocycles. The van der Waals surface area contributed by atoms with E-state index < -0.39 is 0 Å². The molecule has 0 unspecified atom stereocenters. The van der Waals surface area contributed by atoms with E-state index in [2.05, 4.69) is 32.6 Å². The van der Waals surface area contributed by atoms with Crippen molar-refractivity contribution >= 4 is 0 Å². The Morgan fingerprint density at radius 3 is 2.40 bits per heavy atom. The molecule has 0 spiro atoms. The third-order valence-electron chi connectivity index (χ3n) is 1.54. The Hall–Kier alpha value is -0.780. The number of hydrogen-bond acceptors (Lipinski definition) is 0. The highest BCUT2D eigenvalue weighted by atomic mass is 13.9. The Bertz CT molecular complexity index is 159. The topological polar surface area (TPSA) is 0 Å². The quantitative estimate of drug-likeness (QED) is 0.521. The van der Waals surface area contributed by atoms with Crippen molar-refractivity contribution in [3.63, 3.8) is 0 Å². The summed E-state index contributed by atoms with van der Waals surface area (Å²) in [6, 6.07) is 0. The van der Waals surface area contributed by atoms with E-state index in [1.807, 2.05) is 13.0 Å². The maximum absolute atomic E-state index is 3.72. The van der Waals surface area contributed by atoms with Gasteiger partial charge in [0, 0.05) is 0 Å². The molecular formula is C10H16. The van der Waals surface area contributed by atoms with Gasteiger partial charge in [0.2, 0.25) is 0 Å². The second-order valence-electron chi connectivity index (χ2n) is 2.31. The van der Waals surface area contributed by atoms with Crippen LogP contribution >= 0.6 is 0 Å². The van der Waals surface area contributed by atoms with Gasteiger partial charge in [-0.15, -0.1) is 0 Å². The third kappa shape index (κ3) is 3.29. The highest BCUT2D eigenvalue weighted by Crippen LogP contribution is 2.05. The van der Waals surface area contributed by atoms with Crippen LogP contribution in [0.5, 0.6) is 0 Å². The van der Waals surface area contributed by atoms with Crippen LogP contribution in [0.2, 0.25) is 0 Å². The molecule has 0 radical (unpaired) electrons. The van der Waals surface area contributed by atoms with Crippen molar-refractivity contribution in [3.05, 3.63) is 36.0 Å². The Kier molecular flexibility index (Phi) is 4.65. The van der Waals surface area contributed by atoms with Crippen LogP contribution in [0.25, 0.3) is 0 Å². The van der Waals surface area contributed by atoms with Gasteiger partial charge in [0.25, 0.3) is 0 Å². The van der Waals surface area contributed by atoms with E-state index in [1.165, 1.54) is 11.1 Å². The summed E-state index contributed by atoms with van der Waals surface area (Å²) < 4.78 is 0. The van der Waals surface area contributed by atoms with Crippen molar-refractivity contribution in [2.45, 2.75) is 27.2 Å². The van der Waals surface area contributed by atoms with Crippen LogP contribution in [0.3, 0.4) is 0 Å². The van der Waals surface area contributed by atoms with Gasteiger partial charge < -0.3 is 0 Å². The van der Waals surface area contributed by atoms with Crippen LogP contribution in [0.15, 0.2) is 36.0 Å². The first kappa shape index (κ1) is 9.22. The van der Waals surface area contributed by atoms with Crippen LogP contribution in [0.4, 0.5) is 0 Å². The summed E-state index contributed by atoms with van der Waals surface area (Å²) in [5, 5.41) is 0. The maximum Gasteiger partial charge on any atom is -0.0308 e. The summed E-state index contributed by atoms with van der Waals surface area (Å²) in [5.41, 5.74) is 2.60. The standard InChI is InChI=1S/C10H16/c1-5-9(4)8-10(6-2)7-3/h5-6,8H,2,7H2,1,3-4H3/b9-5-,10-8+. The Morgan fingerprint density at radius 1 is 1.50 bits per heavy atom. The molecule has 0 aromatic carbocycles. The maximum atomic E-state index is 3.72. The minimum Gasteiger partial charge on any atom is -0.0988 e. The minimum atomic E-state index is 1.06. The summed E-state index contributed by atoms with van der Waals surface area (Å²) in [6.07, 6.45) is 7.23. The fraction of sp³-hybridized carbons (Fsp3) is 0.400. The molecule has 0 aliphatic heterocycles. The molecule has 0 saturated carbocycles. The molecule has 0 aromatic rings. The lowest BCUT2D eigenvalue weighted by molar-refractivity contribution is 1.14. The molecule has 0 saturated heterocycles. The second-order valence-corrected chi connectivity index (χ2v) is 2.31. The predicted octanol–water partition coefficient (Wildman–Crippen LogP) is 3.48. The zero-order valence-corrected chi connectivity index (χ0v) is 7.15. The van der Waals surface area contributed by atoms with Crippen LogP contribution in [0, 0.1) is 0 Å². The van der Waals surface area contributed by atoms with Crippen molar-refractivity contribution in [1.29, 1.82) is 0 Å². The van der Waals surface area contributed by atoms with Gasteiger partial charge in [0.1, 0.15) is 0 Å². The van der Waals surface area contributed by atoms with E-state index in [0.29, 0.717) is 0 Å². The van der Waals surface area contributed by atoms with Gasteiger partial charge >= 0.3 is 0 Å². The molecular weight excluding hydrogens is 120 g/mol. The summed E-state index contributed by atoms with van der Waals surface area (Å²) in [5.74, 6) is 0. The summed E-state index contributed by atoms with van der Waals surface area (Å²) in [6.45, 7) is 10.00. The zero-order valence-electron chi connectivity index (χ0n) is 7.15. The largest absolute Gasteiger partial charge is 0.0988 e. The van der Waals surface area contributed by atoms with Gasteiger partial charge in [0.15, 0.2) is 0 Å². The first-order valence-corrected chi connectivity index (χ1v) is 3.70. The number of allylic oxidation sites excluding steroid dienone is 5. The highest BCUT2D eigenvalue weighted by molar-refractivity contribution is 5.27. The Morgan fingerprint density at radius 2 is 2.10 bits per heavy atom. The average molecular weight is 136 g/mol. The van der Waals surface area contributed by atoms with Crippen LogP contribution < -0.4 is 0 Å². The smallest absolute Gasteiger partial charge is 0.0308 e.